The Morgan fingerprint density at radius 1 is 1.03 bits per heavy atom. The number of unbranched alkanes of at least 4 members (excludes halogenated alkanes) is 1. The van der Waals surface area contributed by atoms with Crippen LogP contribution in [-0.4, -0.2) is 82.9 Å². The highest BCUT2D eigenvalue weighted by Crippen LogP contribution is 2.09. The number of aryl methyl sites for hydroxylation is 1. The summed E-state index contributed by atoms with van der Waals surface area (Å²) in [6.45, 7) is 10.6. The number of halogens is 1. The fraction of sp³-hybridized carbons (Fsp3) is 0.571. The van der Waals surface area contributed by atoms with Gasteiger partial charge < -0.3 is 19.5 Å². The fourth-order valence-electron chi connectivity index (χ4n) is 3.35. The summed E-state index contributed by atoms with van der Waals surface area (Å²) in [6.07, 6.45) is 5.66. The number of benzene rings is 1. The minimum Gasteiger partial charge on any atom is -0.492 e. The summed E-state index contributed by atoms with van der Waals surface area (Å²) < 4.78 is 7.83. The molecule has 1 aliphatic heterocycles. The molecule has 0 bridgehead atoms. The van der Waals surface area contributed by atoms with Crippen molar-refractivity contribution in [1.82, 2.24) is 29.9 Å². The van der Waals surface area contributed by atoms with Crippen LogP contribution in [0.25, 0.3) is 0 Å². The Morgan fingerprint density at radius 2 is 1.77 bits per heavy atom. The zero-order valence-corrected chi connectivity index (χ0v) is 20.1. The van der Waals surface area contributed by atoms with Crippen LogP contribution < -0.4 is 10.1 Å². The molecule has 3 rings (SSSR count). The van der Waals surface area contributed by atoms with Crippen molar-refractivity contribution < 1.29 is 4.74 Å². The second-order valence-electron chi connectivity index (χ2n) is 7.13. The molecule has 1 N–H and O–H groups in total. The van der Waals surface area contributed by atoms with Crippen molar-refractivity contribution >= 4 is 29.9 Å². The Bertz CT molecular complexity index is 703. The maximum atomic E-state index is 5.82. The third-order valence-electron chi connectivity index (χ3n) is 4.98. The first kappa shape index (κ1) is 24.4. The maximum Gasteiger partial charge on any atom is 0.194 e. The highest BCUT2D eigenvalue weighted by atomic mass is 127. The molecule has 0 amide bonds. The fourth-order valence-corrected chi connectivity index (χ4v) is 3.35. The van der Waals surface area contributed by atoms with Gasteiger partial charge in [0.25, 0.3) is 0 Å². The summed E-state index contributed by atoms with van der Waals surface area (Å²) in [5, 5.41) is 11.1. The van der Waals surface area contributed by atoms with Crippen LogP contribution in [0.3, 0.4) is 0 Å². The predicted molar refractivity (Wildman–Crippen MR) is 131 cm³/mol. The Labute approximate surface area is 196 Å². The van der Waals surface area contributed by atoms with E-state index in [1.165, 1.54) is 0 Å². The Hall–Kier alpha value is -1.88. The number of piperazine rings is 1. The minimum absolute atomic E-state index is 0. The van der Waals surface area contributed by atoms with Gasteiger partial charge in [0.1, 0.15) is 25.0 Å². The van der Waals surface area contributed by atoms with Crippen LogP contribution in [0.5, 0.6) is 5.75 Å². The summed E-state index contributed by atoms with van der Waals surface area (Å²) in [7, 11) is 0. The molecule has 1 aliphatic rings. The molecular weight excluding hydrogens is 493 g/mol. The van der Waals surface area contributed by atoms with Gasteiger partial charge in [0.15, 0.2) is 5.96 Å². The van der Waals surface area contributed by atoms with E-state index in [2.05, 4.69) is 32.2 Å². The van der Waals surface area contributed by atoms with Crippen molar-refractivity contribution in [2.75, 3.05) is 52.4 Å². The SMILES string of the molecule is CCNC(=NCCCCn1cnnc1)N1CCN(CCOc2ccccc2)CC1.I. The zero-order valence-electron chi connectivity index (χ0n) is 17.8. The quantitative estimate of drug-likeness (QED) is 0.222. The van der Waals surface area contributed by atoms with Crippen LogP contribution in [0.15, 0.2) is 48.0 Å². The molecule has 2 aromatic rings. The van der Waals surface area contributed by atoms with Crippen molar-refractivity contribution in [2.45, 2.75) is 26.3 Å². The van der Waals surface area contributed by atoms with Crippen LogP contribution >= 0.6 is 24.0 Å². The summed E-state index contributed by atoms with van der Waals surface area (Å²) in [5.74, 6) is 1.98. The highest BCUT2D eigenvalue weighted by molar-refractivity contribution is 14.0. The van der Waals surface area contributed by atoms with E-state index in [-0.39, 0.29) is 24.0 Å². The van der Waals surface area contributed by atoms with Crippen molar-refractivity contribution in [3.63, 3.8) is 0 Å². The largest absolute Gasteiger partial charge is 0.492 e. The lowest BCUT2D eigenvalue weighted by Gasteiger charge is -2.36. The molecule has 0 spiro atoms. The molecule has 0 aliphatic carbocycles. The number of para-hydroxylation sites is 1. The lowest BCUT2D eigenvalue weighted by atomic mass is 10.3. The van der Waals surface area contributed by atoms with Crippen LogP contribution in [0.2, 0.25) is 0 Å². The molecule has 0 unspecified atom stereocenters. The van der Waals surface area contributed by atoms with Gasteiger partial charge in [0.2, 0.25) is 0 Å². The van der Waals surface area contributed by atoms with Gasteiger partial charge >= 0.3 is 0 Å². The Balaban J connectivity index is 0.00000320. The minimum atomic E-state index is 0. The monoisotopic (exact) mass is 527 g/mol. The van der Waals surface area contributed by atoms with Gasteiger partial charge in [-0.05, 0) is 31.9 Å². The highest BCUT2D eigenvalue weighted by Gasteiger charge is 2.19. The van der Waals surface area contributed by atoms with E-state index < -0.39 is 0 Å². The molecule has 2 heterocycles. The van der Waals surface area contributed by atoms with Crippen LogP contribution in [0.1, 0.15) is 19.8 Å². The third-order valence-corrected chi connectivity index (χ3v) is 4.98. The second kappa shape index (κ2) is 14.2. The summed E-state index contributed by atoms with van der Waals surface area (Å²) in [6, 6.07) is 10.0. The van der Waals surface area contributed by atoms with Gasteiger partial charge in [-0.3, -0.25) is 9.89 Å². The molecule has 8 nitrogen and oxygen atoms in total. The zero-order chi connectivity index (χ0) is 20.2. The van der Waals surface area contributed by atoms with E-state index in [9.17, 15) is 0 Å². The number of nitrogens with one attached hydrogen (secondary N) is 1. The van der Waals surface area contributed by atoms with Gasteiger partial charge in [0.05, 0.1) is 0 Å². The number of nitrogens with zero attached hydrogens (tertiary/aromatic N) is 6. The molecule has 9 heteroatoms. The van der Waals surface area contributed by atoms with Gasteiger partial charge in [0, 0.05) is 52.4 Å². The summed E-state index contributed by atoms with van der Waals surface area (Å²) in [5.41, 5.74) is 0. The summed E-state index contributed by atoms with van der Waals surface area (Å²) in [4.78, 5) is 9.66. The molecule has 1 aromatic carbocycles. The number of guanidine groups is 1. The number of aliphatic imine (C=N–C) groups is 1. The van der Waals surface area contributed by atoms with Gasteiger partial charge in [-0.25, -0.2) is 0 Å². The first-order valence-electron chi connectivity index (χ1n) is 10.6. The second-order valence-corrected chi connectivity index (χ2v) is 7.13. The van der Waals surface area contributed by atoms with Crippen molar-refractivity contribution in [3.8, 4) is 5.75 Å². The Kier molecular flexibility index (Phi) is 11.5. The third kappa shape index (κ3) is 8.47. The lowest BCUT2D eigenvalue weighted by molar-refractivity contribution is 0.152. The number of hydrogen-bond donors (Lipinski definition) is 1. The maximum absolute atomic E-state index is 5.82. The number of rotatable bonds is 10. The van der Waals surface area contributed by atoms with E-state index >= 15 is 0 Å². The molecule has 0 radical (unpaired) electrons. The van der Waals surface area contributed by atoms with Crippen LogP contribution in [0.4, 0.5) is 0 Å². The van der Waals surface area contributed by atoms with E-state index in [1.807, 2.05) is 34.9 Å². The van der Waals surface area contributed by atoms with E-state index in [4.69, 9.17) is 9.73 Å². The standard InChI is InChI=1S/C21H33N7O.HI/c1-2-22-21(23-10-6-7-11-27-18-24-25-19-27)28-14-12-26(13-15-28)16-17-29-20-8-4-3-5-9-20;/h3-5,8-9,18-19H,2,6-7,10-17H2,1H3,(H,22,23);1H. The number of aromatic nitrogens is 3. The van der Waals surface area contributed by atoms with E-state index in [0.29, 0.717) is 0 Å². The molecule has 30 heavy (non-hydrogen) atoms. The molecular formula is C21H34IN7O. The molecule has 166 valence electrons. The topological polar surface area (TPSA) is 70.8 Å². The van der Waals surface area contributed by atoms with Gasteiger partial charge in [-0.2, -0.15) is 0 Å². The lowest BCUT2D eigenvalue weighted by Crippen LogP contribution is -2.53. The summed E-state index contributed by atoms with van der Waals surface area (Å²) >= 11 is 0. The molecule has 0 atom stereocenters. The van der Waals surface area contributed by atoms with Crippen molar-refractivity contribution in [3.05, 3.63) is 43.0 Å². The van der Waals surface area contributed by atoms with Gasteiger partial charge in [-0.15, -0.1) is 34.2 Å². The molecule has 1 saturated heterocycles. The normalized spacial score (nSPS) is 15.0. The predicted octanol–water partition coefficient (Wildman–Crippen LogP) is 2.34. The van der Waals surface area contributed by atoms with Crippen LogP contribution in [0, 0.1) is 0 Å². The molecule has 0 saturated carbocycles. The van der Waals surface area contributed by atoms with E-state index in [0.717, 1.165) is 83.5 Å². The Morgan fingerprint density at radius 3 is 2.47 bits per heavy atom. The molecule has 1 fully saturated rings. The first-order valence-corrected chi connectivity index (χ1v) is 10.6. The van der Waals surface area contributed by atoms with Crippen molar-refractivity contribution in [1.29, 1.82) is 0 Å². The average molecular weight is 527 g/mol. The van der Waals surface area contributed by atoms with Crippen molar-refractivity contribution in [2.24, 2.45) is 4.99 Å². The van der Waals surface area contributed by atoms with E-state index in [1.54, 1.807) is 12.7 Å². The average Bonchev–Trinajstić information content (AvgIpc) is 3.28. The van der Waals surface area contributed by atoms with Crippen LogP contribution in [-0.2, 0) is 6.54 Å². The molecule has 1 aromatic heterocycles. The van der Waals surface area contributed by atoms with Gasteiger partial charge in [-0.1, -0.05) is 18.2 Å². The number of ether oxygens (including phenoxy) is 1. The number of hydrogen-bond acceptors (Lipinski definition) is 5. The smallest absolute Gasteiger partial charge is 0.194 e. The first-order chi connectivity index (χ1) is 14.3.